The molecule has 0 saturated heterocycles. The summed E-state index contributed by atoms with van der Waals surface area (Å²) in [6, 6.07) is 10.9. The Morgan fingerprint density at radius 2 is 2.06 bits per heavy atom. The highest BCUT2D eigenvalue weighted by Gasteiger charge is 2.04. The van der Waals surface area contributed by atoms with Crippen molar-refractivity contribution in [1.29, 1.82) is 0 Å². The van der Waals surface area contributed by atoms with Crippen molar-refractivity contribution in [1.82, 2.24) is 5.32 Å². The van der Waals surface area contributed by atoms with Gasteiger partial charge >= 0.3 is 0 Å². The molecule has 0 heterocycles. The smallest absolute Gasteiger partial charge is 0.0208 e. The van der Waals surface area contributed by atoms with Crippen LogP contribution in [0.25, 0.3) is 0 Å². The van der Waals surface area contributed by atoms with Gasteiger partial charge in [-0.15, -0.1) is 0 Å². The maximum atomic E-state index is 5.75. The molecule has 2 nitrogen and oxygen atoms in total. The lowest BCUT2D eigenvalue weighted by Gasteiger charge is -2.16. The second-order valence-corrected chi connectivity index (χ2v) is 4.92. The first-order valence-corrected chi connectivity index (χ1v) is 7.22. The Morgan fingerprint density at radius 1 is 1.31 bits per heavy atom. The Labute approximate surface area is 103 Å². The molecule has 0 radical (unpaired) electrons. The summed E-state index contributed by atoms with van der Waals surface area (Å²) in [6.07, 6.45) is 4.56. The number of thioether (sulfide) groups is 1. The van der Waals surface area contributed by atoms with Gasteiger partial charge in [-0.2, -0.15) is 11.8 Å². The zero-order chi connectivity index (χ0) is 11.6. The van der Waals surface area contributed by atoms with E-state index in [1.807, 2.05) is 17.8 Å². The molecule has 0 spiro atoms. The molecule has 3 N–H and O–H groups in total. The standard InChI is InChI=1S/C13H22N2S/c1-16-9-5-8-13(10-14)15-11-12-6-3-2-4-7-12/h2-4,6-7,13,15H,5,8-11,14H2,1H3. The number of hydrogen-bond acceptors (Lipinski definition) is 3. The molecule has 1 aromatic rings. The van der Waals surface area contributed by atoms with E-state index in [2.05, 4.69) is 35.8 Å². The first kappa shape index (κ1) is 13.6. The molecule has 0 aliphatic heterocycles. The lowest BCUT2D eigenvalue weighted by molar-refractivity contribution is 0.484. The van der Waals surface area contributed by atoms with Crippen molar-refractivity contribution < 1.29 is 0 Å². The summed E-state index contributed by atoms with van der Waals surface area (Å²) in [6.45, 7) is 1.64. The van der Waals surface area contributed by atoms with Crippen LogP contribution >= 0.6 is 11.8 Å². The summed E-state index contributed by atoms with van der Waals surface area (Å²) in [5, 5.41) is 3.51. The maximum absolute atomic E-state index is 5.75. The Hall–Kier alpha value is -0.510. The third-order valence-electron chi connectivity index (χ3n) is 2.62. The number of rotatable bonds is 8. The fourth-order valence-electron chi connectivity index (χ4n) is 1.64. The van der Waals surface area contributed by atoms with Gasteiger partial charge in [-0.05, 0) is 30.4 Å². The molecular weight excluding hydrogens is 216 g/mol. The molecule has 0 bridgehead atoms. The monoisotopic (exact) mass is 238 g/mol. The SMILES string of the molecule is CSCCCC(CN)NCc1ccccc1. The van der Waals surface area contributed by atoms with Crippen LogP contribution < -0.4 is 11.1 Å². The summed E-state index contributed by atoms with van der Waals surface area (Å²) in [5.74, 6) is 1.23. The highest BCUT2D eigenvalue weighted by atomic mass is 32.2. The largest absolute Gasteiger partial charge is 0.329 e. The lowest BCUT2D eigenvalue weighted by Crippen LogP contribution is -2.35. The van der Waals surface area contributed by atoms with Crippen LogP contribution in [0, 0.1) is 0 Å². The van der Waals surface area contributed by atoms with Crippen molar-refractivity contribution >= 4 is 11.8 Å². The van der Waals surface area contributed by atoms with E-state index in [4.69, 9.17) is 5.73 Å². The van der Waals surface area contributed by atoms with Crippen molar-refractivity contribution in [2.75, 3.05) is 18.6 Å². The molecule has 90 valence electrons. The second kappa shape index (κ2) is 8.62. The lowest BCUT2D eigenvalue weighted by atomic mass is 10.1. The van der Waals surface area contributed by atoms with E-state index in [-0.39, 0.29) is 0 Å². The number of nitrogens with two attached hydrogens (primary N) is 1. The quantitative estimate of drug-likeness (QED) is 0.682. The van der Waals surface area contributed by atoms with Crippen molar-refractivity contribution in [2.45, 2.75) is 25.4 Å². The van der Waals surface area contributed by atoms with Gasteiger partial charge in [-0.3, -0.25) is 0 Å². The zero-order valence-electron chi connectivity index (χ0n) is 9.99. The fraction of sp³-hybridized carbons (Fsp3) is 0.538. The van der Waals surface area contributed by atoms with Crippen molar-refractivity contribution in [3.63, 3.8) is 0 Å². The maximum Gasteiger partial charge on any atom is 0.0208 e. The Morgan fingerprint density at radius 3 is 2.69 bits per heavy atom. The van der Waals surface area contributed by atoms with Crippen LogP contribution in [0.2, 0.25) is 0 Å². The molecule has 0 saturated carbocycles. The van der Waals surface area contributed by atoms with Crippen LogP contribution in [0.4, 0.5) is 0 Å². The van der Waals surface area contributed by atoms with Crippen molar-refractivity contribution in [3.05, 3.63) is 35.9 Å². The third kappa shape index (κ3) is 5.54. The van der Waals surface area contributed by atoms with Gasteiger partial charge < -0.3 is 11.1 Å². The second-order valence-electron chi connectivity index (χ2n) is 3.93. The van der Waals surface area contributed by atoms with Crippen LogP contribution in [0.5, 0.6) is 0 Å². The number of hydrogen-bond donors (Lipinski definition) is 2. The zero-order valence-corrected chi connectivity index (χ0v) is 10.8. The van der Waals surface area contributed by atoms with E-state index in [0.29, 0.717) is 6.04 Å². The predicted octanol–water partition coefficient (Wildman–Crippen LogP) is 2.25. The van der Waals surface area contributed by atoms with Crippen LogP contribution in [0.3, 0.4) is 0 Å². The van der Waals surface area contributed by atoms with Gasteiger partial charge in [0.15, 0.2) is 0 Å². The van der Waals surface area contributed by atoms with E-state index >= 15 is 0 Å². The summed E-state index contributed by atoms with van der Waals surface area (Å²) in [5.41, 5.74) is 7.07. The Balaban J connectivity index is 2.23. The predicted molar refractivity (Wildman–Crippen MR) is 73.7 cm³/mol. The van der Waals surface area contributed by atoms with Gasteiger partial charge in [0.25, 0.3) is 0 Å². The summed E-state index contributed by atoms with van der Waals surface area (Å²) in [4.78, 5) is 0. The summed E-state index contributed by atoms with van der Waals surface area (Å²) in [7, 11) is 0. The van der Waals surface area contributed by atoms with Crippen LogP contribution in [0.15, 0.2) is 30.3 Å². The first-order valence-electron chi connectivity index (χ1n) is 5.83. The van der Waals surface area contributed by atoms with Gasteiger partial charge in [0.1, 0.15) is 0 Å². The topological polar surface area (TPSA) is 38.0 Å². The van der Waals surface area contributed by atoms with E-state index < -0.39 is 0 Å². The fourth-order valence-corrected chi connectivity index (χ4v) is 2.09. The van der Waals surface area contributed by atoms with Crippen molar-refractivity contribution in [2.24, 2.45) is 5.73 Å². The molecule has 16 heavy (non-hydrogen) atoms. The van der Waals surface area contributed by atoms with Crippen LogP contribution in [-0.2, 0) is 6.54 Å². The molecule has 1 rings (SSSR count). The molecule has 1 unspecified atom stereocenters. The number of benzene rings is 1. The molecule has 1 atom stereocenters. The van der Waals surface area contributed by atoms with E-state index in [0.717, 1.165) is 13.1 Å². The minimum Gasteiger partial charge on any atom is -0.329 e. The van der Waals surface area contributed by atoms with Crippen molar-refractivity contribution in [3.8, 4) is 0 Å². The average molecular weight is 238 g/mol. The minimum absolute atomic E-state index is 0.451. The summed E-state index contributed by atoms with van der Waals surface area (Å²) < 4.78 is 0. The Kier molecular flexibility index (Phi) is 7.30. The molecular formula is C13H22N2S. The normalized spacial score (nSPS) is 12.6. The summed E-state index contributed by atoms with van der Waals surface area (Å²) >= 11 is 1.90. The molecule has 1 aromatic carbocycles. The van der Waals surface area contributed by atoms with Gasteiger partial charge in [-0.25, -0.2) is 0 Å². The molecule has 0 aliphatic carbocycles. The average Bonchev–Trinajstić information content (AvgIpc) is 2.35. The van der Waals surface area contributed by atoms with E-state index in [1.54, 1.807) is 0 Å². The van der Waals surface area contributed by atoms with E-state index in [1.165, 1.54) is 24.2 Å². The molecule has 0 aromatic heterocycles. The van der Waals surface area contributed by atoms with Gasteiger partial charge in [0, 0.05) is 19.1 Å². The minimum atomic E-state index is 0.451. The highest BCUT2D eigenvalue weighted by molar-refractivity contribution is 7.98. The molecule has 0 aliphatic rings. The molecule has 3 heteroatoms. The first-order chi connectivity index (χ1) is 7.86. The highest BCUT2D eigenvalue weighted by Crippen LogP contribution is 2.04. The molecule has 0 amide bonds. The van der Waals surface area contributed by atoms with Gasteiger partial charge in [0.2, 0.25) is 0 Å². The van der Waals surface area contributed by atoms with Crippen LogP contribution in [-0.4, -0.2) is 24.6 Å². The van der Waals surface area contributed by atoms with Crippen LogP contribution in [0.1, 0.15) is 18.4 Å². The number of nitrogens with one attached hydrogen (secondary N) is 1. The molecule has 0 fully saturated rings. The van der Waals surface area contributed by atoms with E-state index in [9.17, 15) is 0 Å². The third-order valence-corrected chi connectivity index (χ3v) is 3.32. The Bertz CT molecular complexity index is 264. The van der Waals surface area contributed by atoms with Gasteiger partial charge in [-0.1, -0.05) is 30.3 Å². The van der Waals surface area contributed by atoms with Gasteiger partial charge in [0.05, 0.1) is 0 Å².